The number of alkyl halides is 3. The number of rotatable bonds is 6. The molecule has 0 aromatic carbocycles. The lowest BCUT2D eigenvalue weighted by atomic mass is 9.95. The number of hydrogen-bond donors (Lipinski definition) is 2. The molecule has 1 aliphatic carbocycles. The van der Waals surface area contributed by atoms with Gasteiger partial charge in [0.15, 0.2) is 11.7 Å². The van der Waals surface area contributed by atoms with Crippen molar-refractivity contribution in [3.05, 3.63) is 16.1 Å². The Kier molecular flexibility index (Phi) is 10.5. The Bertz CT molecular complexity index is 639. The third-order valence-electron chi connectivity index (χ3n) is 4.32. The van der Waals surface area contributed by atoms with E-state index in [2.05, 4.69) is 20.6 Å². The van der Waals surface area contributed by atoms with Gasteiger partial charge in [0.05, 0.1) is 5.01 Å². The Labute approximate surface area is 181 Å². The van der Waals surface area contributed by atoms with Gasteiger partial charge in [-0.05, 0) is 19.3 Å². The maximum Gasteiger partial charge on any atom is 0.434 e. The Morgan fingerprint density at radius 1 is 1.44 bits per heavy atom. The number of guanidine groups is 1. The van der Waals surface area contributed by atoms with Gasteiger partial charge in [0.25, 0.3) is 0 Å². The standard InChI is InChI=1S/C16H25F3N4OS2.HI/c1-3-26(24)12-6-4-5-11(9-12)22-15(20-2)21-8-7-14-23-13(10-25-14)16(17,18)19;/h10-12H,3-9H2,1-2H3,(H2,20,21,22);1H. The molecule has 0 aliphatic heterocycles. The molecule has 0 radical (unpaired) electrons. The molecule has 1 saturated carbocycles. The van der Waals surface area contributed by atoms with Crippen molar-refractivity contribution in [3.63, 3.8) is 0 Å². The Morgan fingerprint density at radius 3 is 2.78 bits per heavy atom. The quantitative estimate of drug-likeness (QED) is 0.330. The molecule has 3 unspecified atom stereocenters. The Morgan fingerprint density at radius 2 is 2.19 bits per heavy atom. The van der Waals surface area contributed by atoms with Crippen molar-refractivity contribution in [1.29, 1.82) is 0 Å². The summed E-state index contributed by atoms with van der Waals surface area (Å²) in [6.45, 7) is 2.39. The SMILES string of the molecule is CCS(=O)C1CCCC(NC(=NC)NCCc2nc(C(F)(F)F)cs2)C1.I. The van der Waals surface area contributed by atoms with E-state index in [0.717, 1.165) is 42.4 Å². The summed E-state index contributed by atoms with van der Waals surface area (Å²) in [6, 6.07) is 0.215. The summed E-state index contributed by atoms with van der Waals surface area (Å²) in [6.07, 6.45) is -0.118. The van der Waals surface area contributed by atoms with Crippen LogP contribution in [0.15, 0.2) is 10.4 Å². The smallest absolute Gasteiger partial charge is 0.356 e. The van der Waals surface area contributed by atoms with Gasteiger partial charge in [0, 0.05) is 53.2 Å². The minimum absolute atomic E-state index is 0. The number of nitrogens with one attached hydrogen (secondary N) is 2. The molecule has 11 heteroatoms. The second-order valence-electron chi connectivity index (χ2n) is 6.17. The molecule has 1 aliphatic rings. The van der Waals surface area contributed by atoms with Crippen LogP contribution in [0, 0.1) is 0 Å². The molecule has 1 aromatic rings. The van der Waals surface area contributed by atoms with Crippen LogP contribution in [0.1, 0.15) is 43.3 Å². The first-order valence-corrected chi connectivity index (χ1v) is 11.0. The van der Waals surface area contributed by atoms with Gasteiger partial charge in [0.1, 0.15) is 0 Å². The van der Waals surface area contributed by atoms with E-state index < -0.39 is 22.7 Å². The zero-order valence-electron chi connectivity index (χ0n) is 15.3. The lowest BCUT2D eigenvalue weighted by Crippen LogP contribution is -2.47. The van der Waals surface area contributed by atoms with E-state index in [1.165, 1.54) is 0 Å². The Balaban J connectivity index is 0.00000364. The average Bonchev–Trinajstić information content (AvgIpc) is 3.09. The molecule has 2 rings (SSSR count). The largest absolute Gasteiger partial charge is 0.434 e. The van der Waals surface area contributed by atoms with Gasteiger partial charge in [0.2, 0.25) is 0 Å². The van der Waals surface area contributed by atoms with E-state index in [1.807, 2.05) is 6.92 Å². The highest BCUT2D eigenvalue weighted by Crippen LogP contribution is 2.30. The fourth-order valence-corrected chi connectivity index (χ4v) is 5.14. The number of aromatic nitrogens is 1. The van der Waals surface area contributed by atoms with Crippen molar-refractivity contribution in [1.82, 2.24) is 15.6 Å². The molecule has 0 spiro atoms. The number of halogens is 4. The monoisotopic (exact) mass is 538 g/mol. The molecule has 156 valence electrons. The van der Waals surface area contributed by atoms with Gasteiger partial charge in [-0.2, -0.15) is 13.2 Å². The van der Waals surface area contributed by atoms with Crippen molar-refractivity contribution in [2.75, 3.05) is 19.3 Å². The second-order valence-corrected chi connectivity index (χ2v) is 9.12. The molecule has 1 aromatic heterocycles. The van der Waals surface area contributed by atoms with Crippen molar-refractivity contribution in [3.8, 4) is 0 Å². The predicted molar refractivity (Wildman–Crippen MR) is 115 cm³/mol. The van der Waals surface area contributed by atoms with E-state index in [9.17, 15) is 17.4 Å². The summed E-state index contributed by atoms with van der Waals surface area (Å²) in [5, 5.41) is 8.16. The molecule has 1 fully saturated rings. The van der Waals surface area contributed by atoms with Gasteiger partial charge in [-0.3, -0.25) is 9.20 Å². The molecule has 2 N–H and O–H groups in total. The maximum absolute atomic E-state index is 12.6. The van der Waals surface area contributed by atoms with E-state index in [-0.39, 0.29) is 35.3 Å². The third kappa shape index (κ3) is 7.84. The number of nitrogens with zero attached hydrogens (tertiary/aromatic N) is 2. The summed E-state index contributed by atoms with van der Waals surface area (Å²) in [5.41, 5.74) is -0.836. The van der Waals surface area contributed by atoms with Crippen LogP contribution in [-0.2, 0) is 23.4 Å². The van der Waals surface area contributed by atoms with Crippen LogP contribution in [0.4, 0.5) is 13.2 Å². The molecule has 0 bridgehead atoms. The van der Waals surface area contributed by atoms with Crippen molar-refractivity contribution >= 4 is 52.1 Å². The predicted octanol–water partition coefficient (Wildman–Crippen LogP) is 3.57. The molecular weight excluding hydrogens is 512 g/mol. The first-order valence-electron chi connectivity index (χ1n) is 8.69. The van der Waals surface area contributed by atoms with Crippen molar-refractivity contribution in [2.24, 2.45) is 4.99 Å². The van der Waals surface area contributed by atoms with Crippen molar-refractivity contribution in [2.45, 2.75) is 56.5 Å². The molecule has 0 amide bonds. The molecule has 27 heavy (non-hydrogen) atoms. The highest BCUT2D eigenvalue weighted by atomic mass is 127. The second kappa shape index (κ2) is 11.5. The van der Waals surface area contributed by atoms with E-state index in [4.69, 9.17) is 0 Å². The topological polar surface area (TPSA) is 66.4 Å². The zero-order valence-corrected chi connectivity index (χ0v) is 19.3. The summed E-state index contributed by atoms with van der Waals surface area (Å²) in [5.74, 6) is 1.29. The van der Waals surface area contributed by atoms with Crippen LogP contribution >= 0.6 is 35.3 Å². The van der Waals surface area contributed by atoms with Gasteiger partial charge in [-0.15, -0.1) is 35.3 Å². The first-order chi connectivity index (χ1) is 12.3. The van der Waals surface area contributed by atoms with E-state index >= 15 is 0 Å². The minimum Gasteiger partial charge on any atom is -0.356 e. The Hall–Kier alpha value is -0.430. The van der Waals surface area contributed by atoms with Crippen LogP contribution in [0.3, 0.4) is 0 Å². The first kappa shape index (κ1) is 24.6. The maximum atomic E-state index is 12.6. The summed E-state index contributed by atoms with van der Waals surface area (Å²) >= 11 is 1.01. The van der Waals surface area contributed by atoms with Crippen LogP contribution in [0.5, 0.6) is 0 Å². The summed E-state index contributed by atoms with van der Waals surface area (Å²) < 4.78 is 49.7. The average molecular weight is 538 g/mol. The molecule has 0 saturated heterocycles. The summed E-state index contributed by atoms with van der Waals surface area (Å²) in [7, 11) is 0.872. The summed E-state index contributed by atoms with van der Waals surface area (Å²) in [4.78, 5) is 7.79. The van der Waals surface area contributed by atoms with E-state index in [0.29, 0.717) is 29.7 Å². The van der Waals surface area contributed by atoms with Gasteiger partial charge < -0.3 is 10.6 Å². The number of thiazole rings is 1. The van der Waals surface area contributed by atoms with E-state index in [1.54, 1.807) is 7.05 Å². The van der Waals surface area contributed by atoms with Crippen LogP contribution in [0.25, 0.3) is 0 Å². The third-order valence-corrected chi connectivity index (χ3v) is 6.97. The number of aliphatic imine (C=N–C) groups is 1. The van der Waals surface area contributed by atoms with Gasteiger partial charge in [-0.1, -0.05) is 13.3 Å². The molecular formula is C16H26F3IN4OS2. The van der Waals surface area contributed by atoms with Gasteiger partial charge >= 0.3 is 6.18 Å². The van der Waals surface area contributed by atoms with Crippen LogP contribution in [-0.4, -0.2) is 45.8 Å². The molecule has 3 atom stereocenters. The number of hydrogen-bond acceptors (Lipinski definition) is 4. The van der Waals surface area contributed by atoms with Gasteiger partial charge in [-0.25, -0.2) is 4.98 Å². The normalized spacial score (nSPS) is 22.0. The molecule has 1 heterocycles. The molecule has 5 nitrogen and oxygen atoms in total. The minimum atomic E-state index is -4.39. The van der Waals surface area contributed by atoms with Crippen molar-refractivity contribution < 1.29 is 17.4 Å². The zero-order chi connectivity index (χ0) is 19.2. The highest BCUT2D eigenvalue weighted by molar-refractivity contribution is 14.0. The fraction of sp³-hybridized carbons (Fsp3) is 0.750. The van der Waals surface area contributed by atoms with Crippen LogP contribution < -0.4 is 10.6 Å². The lowest BCUT2D eigenvalue weighted by molar-refractivity contribution is -0.140. The lowest BCUT2D eigenvalue weighted by Gasteiger charge is -2.30. The highest BCUT2D eigenvalue weighted by Gasteiger charge is 2.33. The fourth-order valence-electron chi connectivity index (χ4n) is 2.98. The van der Waals surface area contributed by atoms with Crippen LogP contribution in [0.2, 0.25) is 0 Å².